The van der Waals surface area contributed by atoms with Gasteiger partial charge in [0.15, 0.2) is 0 Å². The van der Waals surface area contributed by atoms with E-state index < -0.39 is 0 Å². The Balaban J connectivity index is 1.62. The van der Waals surface area contributed by atoms with Crippen LogP contribution in [-0.2, 0) is 9.47 Å². The molecule has 0 aromatic heterocycles. The van der Waals surface area contributed by atoms with Crippen LogP contribution in [0.1, 0.15) is 52.4 Å². The van der Waals surface area contributed by atoms with Crippen LogP contribution in [0.4, 0.5) is 4.79 Å². The maximum atomic E-state index is 12.2. The SMILES string of the molecule is CC[C@]1(C)CN(C(=O)NCCC[C@@H]2CCCCO2)CCO1. The number of carbonyl (C=O) groups excluding carboxylic acids is 1. The summed E-state index contributed by atoms with van der Waals surface area (Å²) in [5.74, 6) is 0. The largest absolute Gasteiger partial charge is 0.378 e. The number of nitrogens with one attached hydrogen (secondary N) is 1. The normalized spacial score (nSPS) is 30.2. The fourth-order valence-corrected chi connectivity index (χ4v) is 2.99. The minimum absolute atomic E-state index is 0.0440. The van der Waals surface area contributed by atoms with Crippen molar-refractivity contribution >= 4 is 6.03 Å². The number of hydrogen-bond acceptors (Lipinski definition) is 3. The maximum Gasteiger partial charge on any atom is 0.317 e. The second-order valence-corrected chi connectivity index (χ2v) is 6.44. The van der Waals surface area contributed by atoms with Gasteiger partial charge in [0.05, 0.1) is 24.9 Å². The first kappa shape index (κ1) is 16.6. The standard InChI is InChI=1S/C16H30N2O3/c1-3-16(2)13-18(10-12-21-16)15(19)17-9-6-8-14-7-4-5-11-20-14/h14H,3-13H2,1-2H3,(H,17,19)/t14-,16+/m0/s1. The van der Waals surface area contributed by atoms with Crippen LogP contribution < -0.4 is 5.32 Å². The number of hydrogen-bond donors (Lipinski definition) is 1. The lowest BCUT2D eigenvalue weighted by atomic mass is 10.0. The lowest BCUT2D eigenvalue weighted by Crippen LogP contribution is -2.54. The number of urea groups is 1. The highest BCUT2D eigenvalue weighted by Gasteiger charge is 2.32. The van der Waals surface area contributed by atoms with Crippen LogP contribution in [0.5, 0.6) is 0 Å². The minimum atomic E-state index is -0.189. The van der Waals surface area contributed by atoms with Crippen molar-refractivity contribution < 1.29 is 14.3 Å². The molecule has 2 saturated heterocycles. The van der Waals surface area contributed by atoms with E-state index in [2.05, 4.69) is 19.2 Å². The highest BCUT2D eigenvalue weighted by molar-refractivity contribution is 5.74. The lowest BCUT2D eigenvalue weighted by molar-refractivity contribution is -0.0872. The van der Waals surface area contributed by atoms with E-state index >= 15 is 0 Å². The summed E-state index contributed by atoms with van der Waals surface area (Å²) in [5.41, 5.74) is -0.189. The Morgan fingerprint density at radius 2 is 2.24 bits per heavy atom. The van der Waals surface area contributed by atoms with Crippen molar-refractivity contribution in [1.82, 2.24) is 10.2 Å². The predicted molar refractivity (Wildman–Crippen MR) is 82.4 cm³/mol. The molecule has 0 aliphatic carbocycles. The number of ether oxygens (including phenoxy) is 2. The number of morpholine rings is 1. The number of amides is 2. The van der Waals surface area contributed by atoms with E-state index in [9.17, 15) is 4.79 Å². The second-order valence-electron chi connectivity index (χ2n) is 6.44. The van der Waals surface area contributed by atoms with Crippen molar-refractivity contribution in [3.8, 4) is 0 Å². The molecule has 2 heterocycles. The molecule has 0 bridgehead atoms. The predicted octanol–water partition coefficient (Wildman–Crippen LogP) is 2.55. The first-order valence-corrected chi connectivity index (χ1v) is 8.41. The zero-order valence-corrected chi connectivity index (χ0v) is 13.5. The molecule has 2 aliphatic heterocycles. The molecule has 5 heteroatoms. The van der Waals surface area contributed by atoms with Gasteiger partial charge in [-0.15, -0.1) is 0 Å². The third-order valence-electron chi connectivity index (χ3n) is 4.63. The summed E-state index contributed by atoms with van der Waals surface area (Å²) in [6, 6.07) is 0.0440. The van der Waals surface area contributed by atoms with Crippen LogP contribution in [-0.4, -0.2) is 55.5 Å². The summed E-state index contributed by atoms with van der Waals surface area (Å²) < 4.78 is 11.5. The van der Waals surface area contributed by atoms with Gasteiger partial charge in [0.25, 0.3) is 0 Å². The summed E-state index contributed by atoms with van der Waals surface area (Å²) in [5, 5.41) is 3.03. The molecule has 0 radical (unpaired) electrons. The minimum Gasteiger partial charge on any atom is -0.378 e. The van der Waals surface area contributed by atoms with Gasteiger partial charge in [0.2, 0.25) is 0 Å². The van der Waals surface area contributed by atoms with Crippen LogP contribution in [0.25, 0.3) is 0 Å². The van der Waals surface area contributed by atoms with Gasteiger partial charge < -0.3 is 19.7 Å². The van der Waals surface area contributed by atoms with Crippen LogP contribution in [0.2, 0.25) is 0 Å². The molecule has 0 unspecified atom stereocenters. The van der Waals surface area contributed by atoms with Crippen LogP contribution in [0.3, 0.4) is 0 Å². The molecule has 0 aromatic carbocycles. The van der Waals surface area contributed by atoms with E-state index in [-0.39, 0.29) is 11.6 Å². The molecule has 21 heavy (non-hydrogen) atoms. The quantitative estimate of drug-likeness (QED) is 0.794. The van der Waals surface area contributed by atoms with Gasteiger partial charge in [-0.1, -0.05) is 6.92 Å². The number of rotatable bonds is 5. The molecule has 2 aliphatic rings. The molecule has 2 rings (SSSR count). The lowest BCUT2D eigenvalue weighted by Gasteiger charge is -2.39. The second kappa shape index (κ2) is 7.99. The van der Waals surface area contributed by atoms with Crippen molar-refractivity contribution in [3.05, 3.63) is 0 Å². The Hall–Kier alpha value is -0.810. The zero-order chi connectivity index (χ0) is 15.1. The summed E-state index contributed by atoms with van der Waals surface area (Å²) in [6.07, 6.45) is 7.02. The first-order chi connectivity index (χ1) is 10.1. The first-order valence-electron chi connectivity index (χ1n) is 8.41. The molecule has 2 atom stereocenters. The van der Waals surface area contributed by atoms with E-state index in [1.54, 1.807) is 0 Å². The van der Waals surface area contributed by atoms with Crippen molar-refractivity contribution in [3.63, 3.8) is 0 Å². The molecule has 5 nitrogen and oxygen atoms in total. The Morgan fingerprint density at radius 1 is 1.38 bits per heavy atom. The van der Waals surface area contributed by atoms with Gasteiger partial charge in [-0.3, -0.25) is 0 Å². The van der Waals surface area contributed by atoms with Crippen molar-refractivity contribution in [2.24, 2.45) is 0 Å². The maximum absolute atomic E-state index is 12.2. The third-order valence-corrected chi connectivity index (χ3v) is 4.63. The Bertz CT molecular complexity index is 331. The van der Waals surface area contributed by atoms with Crippen LogP contribution in [0, 0.1) is 0 Å². The molecule has 0 aromatic rings. The highest BCUT2D eigenvalue weighted by Crippen LogP contribution is 2.21. The van der Waals surface area contributed by atoms with Gasteiger partial charge >= 0.3 is 6.03 Å². The van der Waals surface area contributed by atoms with E-state index in [4.69, 9.17) is 9.47 Å². The molecule has 122 valence electrons. The molecular formula is C16H30N2O3. The summed E-state index contributed by atoms with van der Waals surface area (Å²) in [6.45, 7) is 7.82. The Kier molecular flexibility index (Phi) is 6.30. The van der Waals surface area contributed by atoms with E-state index in [1.165, 1.54) is 19.3 Å². The average Bonchev–Trinajstić information content (AvgIpc) is 2.52. The molecule has 2 amide bonds. The van der Waals surface area contributed by atoms with Crippen molar-refractivity contribution in [2.75, 3.05) is 32.8 Å². The van der Waals surface area contributed by atoms with Gasteiger partial charge in [-0.05, 0) is 45.4 Å². The molecule has 0 saturated carbocycles. The van der Waals surface area contributed by atoms with Crippen LogP contribution in [0.15, 0.2) is 0 Å². The summed E-state index contributed by atoms with van der Waals surface area (Å²) >= 11 is 0. The monoisotopic (exact) mass is 298 g/mol. The number of carbonyl (C=O) groups is 1. The fraction of sp³-hybridized carbons (Fsp3) is 0.938. The van der Waals surface area contributed by atoms with Crippen molar-refractivity contribution in [1.29, 1.82) is 0 Å². The average molecular weight is 298 g/mol. The third kappa shape index (κ3) is 5.15. The Morgan fingerprint density at radius 3 is 2.95 bits per heavy atom. The highest BCUT2D eigenvalue weighted by atomic mass is 16.5. The zero-order valence-electron chi connectivity index (χ0n) is 13.5. The smallest absolute Gasteiger partial charge is 0.317 e. The van der Waals surface area contributed by atoms with Gasteiger partial charge in [0, 0.05) is 19.7 Å². The molecule has 2 fully saturated rings. The Labute approximate surface area is 128 Å². The topological polar surface area (TPSA) is 50.8 Å². The van der Waals surface area contributed by atoms with E-state index in [0.29, 0.717) is 25.8 Å². The molecule has 0 spiro atoms. The van der Waals surface area contributed by atoms with Gasteiger partial charge in [-0.25, -0.2) is 4.79 Å². The van der Waals surface area contributed by atoms with Crippen molar-refractivity contribution in [2.45, 2.75) is 64.1 Å². The van der Waals surface area contributed by atoms with E-state index in [1.807, 2.05) is 4.90 Å². The summed E-state index contributed by atoms with van der Waals surface area (Å²) in [4.78, 5) is 14.1. The summed E-state index contributed by atoms with van der Waals surface area (Å²) in [7, 11) is 0. The van der Waals surface area contributed by atoms with Crippen LogP contribution >= 0.6 is 0 Å². The van der Waals surface area contributed by atoms with E-state index in [0.717, 1.165) is 32.4 Å². The molecular weight excluding hydrogens is 268 g/mol. The fourth-order valence-electron chi connectivity index (χ4n) is 2.99. The van der Waals surface area contributed by atoms with Gasteiger partial charge in [0.1, 0.15) is 0 Å². The molecule has 1 N–H and O–H groups in total. The van der Waals surface area contributed by atoms with Gasteiger partial charge in [-0.2, -0.15) is 0 Å². The number of nitrogens with zero attached hydrogens (tertiary/aromatic N) is 1.